The first kappa shape index (κ1) is 19.1. The van der Waals surface area contributed by atoms with Crippen molar-refractivity contribution in [3.63, 3.8) is 0 Å². The van der Waals surface area contributed by atoms with Gasteiger partial charge in [0.25, 0.3) is 5.56 Å². The van der Waals surface area contributed by atoms with E-state index in [4.69, 9.17) is 0 Å². The van der Waals surface area contributed by atoms with E-state index in [2.05, 4.69) is 0 Å². The molecule has 2 aromatic rings. The molecule has 148 valence electrons. The molecule has 1 saturated heterocycles. The summed E-state index contributed by atoms with van der Waals surface area (Å²) in [6.07, 6.45) is 7.30. The third kappa shape index (κ3) is 3.69. The van der Waals surface area contributed by atoms with Crippen LogP contribution in [-0.2, 0) is 29.4 Å². The van der Waals surface area contributed by atoms with Gasteiger partial charge in [0, 0.05) is 30.9 Å². The van der Waals surface area contributed by atoms with Crippen LogP contribution in [0.1, 0.15) is 47.2 Å². The molecule has 2 aliphatic rings. The van der Waals surface area contributed by atoms with Crippen molar-refractivity contribution in [3.05, 3.63) is 63.6 Å². The van der Waals surface area contributed by atoms with Crippen molar-refractivity contribution >= 4 is 15.8 Å². The molecule has 1 aromatic carbocycles. The summed E-state index contributed by atoms with van der Waals surface area (Å²) in [6, 6.07) is 8.28. The molecule has 2 heterocycles. The van der Waals surface area contributed by atoms with Crippen molar-refractivity contribution in [2.45, 2.75) is 50.0 Å². The molecule has 1 aliphatic carbocycles. The number of nitrogens with zero attached hydrogens (tertiary/aromatic N) is 2. The summed E-state index contributed by atoms with van der Waals surface area (Å²) in [5.41, 5.74) is 2.68. The van der Waals surface area contributed by atoms with Crippen LogP contribution >= 0.6 is 0 Å². The topological polar surface area (TPSA) is 76.5 Å². The Kier molecular flexibility index (Phi) is 5.21. The number of sulfonamides is 1. The summed E-state index contributed by atoms with van der Waals surface area (Å²) in [4.78, 5) is 25.0. The molecule has 0 unspecified atom stereocenters. The fourth-order valence-corrected chi connectivity index (χ4v) is 5.55. The first-order valence-electron chi connectivity index (χ1n) is 9.81. The Morgan fingerprint density at radius 3 is 2.39 bits per heavy atom. The number of hydrogen-bond donors (Lipinski definition) is 0. The zero-order chi connectivity index (χ0) is 19.7. The van der Waals surface area contributed by atoms with Crippen molar-refractivity contribution in [2.75, 3.05) is 13.1 Å². The fourth-order valence-electron chi connectivity index (χ4n) is 4.02. The third-order valence-corrected chi connectivity index (χ3v) is 7.53. The molecule has 0 radical (unpaired) electrons. The molecule has 0 spiro atoms. The monoisotopic (exact) mass is 400 g/mol. The lowest BCUT2D eigenvalue weighted by atomic mass is 9.90. The van der Waals surface area contributed by atoms with E-state index in [0.29, 0.717) is 18.7 Å². The van der Waals surface area contributed by atoms with E-state index in [1.165, 1.54) is 44.7 Å². The Labute approximate surface area is 164 Å². The highest BCUT2D eigenvalue weighted by molar-refractivity contribution is 7.89. The summed E-state index contributed by atoms with van der Waals surface area (Å²) >= 11 is 0. The largest absolute Gasteiger partial charge is 0.306 e. The molecular weight excluding hydrogens is 376 g/mol. The van der Waals surface area contributed by atoms with Gasteiger partial charge < -0.3 is 4.57 Å². The molecule has 0 atom stereocenters. The number of aryl methyl sites for hydroxylation is 2. The number of pyridine rings is 1. The molecule has 4 rings (SSSR count). The van der Waals surface area contributed by atoms with E-state index in [1.54, 1.807) is 0 Å². The minimum absolute atomic E-state index is 0.0623. The molecular formula is C21H24N2O4S. The number of Topliss-reactive ketones (excluding diaryl/α,β-unsaturated/α-hetero) is 1. The van der Waals surface area contributed by atoms with Crippen molar-refractivity contribution in [1.29, 1.82) is 0 Å². The number of hydrogen-bond acceptors (Lipinski definition) is 4. The zero-order valence-electron chi connectivity index (χ0n) is 15.8. The highest BCUT2D eigenvalue weighted by Crippen LogP contribution is 2.23. The average molecular weight is 401 g/mol. The number of rotatable bonds is 5. The fraction of sp³-hybridized carbons (Fsp3) is 0.429. The second kappa shape index (κ2) is 7.64. The van der Waals surface area contributed by atoms with Gasteiger partial charge in [0.15, 0.2) is 5.78 Å². The zero-order valence-corrected chi connectivity index (χ0v) is 16.6. The van der Waals surface area contributed by atoms with Crippen LogP contribution in [0, 0.1) is 0 Å². The molecule has 6 nitrogen and oxygen atoms in total. The van der Waals surface area contributed by atoms with Gasteiger partial charge in [0.1, 0.15) is 0 Å². The van der Waals surface area contributed by atoms with Gasteiger partial charge in [-0.1, -0.05) is 12.1 Å². The summed E-state index contributed by atoms with van der Waals surface area (Å²) in [5, 5.41) is 0. The molecule has 0 saturated carbocycles. The van der Waals surface area contributed by atoms with Gasteiger partial charge in [-0.05, 0) is 61.8 Å². The molecule has 0 amide bonds. The van der Waals surface area contributed by atoms with E-state index in [0.717, 1.165) is 32.1 Å². The van der Waals surface area contributed by atoms with Crippen LogP contribution in [0.5, 0.6) is 0 Å². The smallest absolute Gasteiger partial charge is 0.251 e. The van der Waals surface area contributed by atoms with E-state index in [-0.39, 0.29) is 22.8 Å². The first-order chi connectivity index (χ1) is 13.4. The Morgan fingerprint density at radius 2 is 1.64 bits per heavy atom. The normalized spacial score (nSPS) is 17.4. The SMILES string of the molecule is O=C(Cn1cc(S(=O)(=O)N2CCCC2)ccc1=O)c1ccc2c(c1)CCCC2. The second-order valence-corrected chi connectivity index (χ2v) is 9.49. The van der Waals surface area contributed by atoms with E-state index >= 15 is 0 Å². The van der Waals surface area contributed by atoms with Gasteiger partial charge in [-0.2, -0.15) is 4.31 Å². The van der Waals surface area contributed by atoms with Crippen molar-refractivity contribution in [1.82, 2.24) is 8.87 Å². The lowest BCUT2D eigenvalue weighted by molar-refractivity contribution is 0.0970. The maximum absolute atomic E-state index is 12.7. The minimum Gasteiger partial charge on any atom is -0.306 e. The predicted octanol–water partition coefficient (Wildman–Crippen LogP) is 2.39. The van der Waals surface area contributed by atoms with Crippen molar-refractivity contribution < 1.29 is 13.2 Å². The number of carbonyl (C=O) groups excluding carboxylic acids is 1. The number of fused-ring (bicyclic) bond motifs is 1. The summed E-state index contributed by atoms with van der Waals surface area (Å²) < 4.78 is 28.1. The molecule has 0 bridgehead atoms. The van der Waals surface area contributed by atoms with Crippen molar-refractivity contribution in [2.24, 2.45) is 0 Å². The van der Waals surface area contributed by atoms with E-state index < -0.39 is 10.0 Å². The average Bonchev–Trinajstić information content (AvgIpc) is 3.25. The van der Waals surface area contributed by atoms with Crippen LogP contribution in [0.3, 0.4) is 0 Å². The van der Waals surface area contributed by atoms with Crippen LogP contribution in [-0.4, -0.2) is 36.2 Å². The molecule has 1 aromatic heterocycles. The van der Waals surface area contributed by atoms with Crippen LogP contribution < -0.4 is 5.56 Å². The van der Waals surface area contributed by atoms with Crippen LogP contribution in [0.4, 0.5) is 0 Å². The molecule has 7 heteroatoms. The second-order valence-electron chi connectivity index (χ2n) is 7.56. The van der Waals surface area contributed by atoms with Gasteiger partial charge in [0.2, 0.25) is 10.0 Å². The van der Waals surface area contributed by atoms with Crippen molar-refractivity contribution in [3.8, 4) is 0 Å². The van der Waals surface area contributed by atoms with E-state index in [9.17, 15) is 18.0 Å². The van der Waals surface area contributed by atoms with E-state index in [1.807, 2.05) is 18.2 Å². The summed E-state index contributed by atoms with van der Waals surface area (Å²) in [6.45, 7) is 0.825. The molecule has 28 heavy (non-hydrogen) atoms. The van der Waals surface area contributed by atoms with Gasteiger partial charge >= 0.3 is 0 Å². The maximum atomic E-state index is 12.7. The molecule has 1 fully saturated rings. The molecule has 0 N–H and O–H groups in total. The lowest BCUT2D eigenvalue weighted by Gasteiger charge is -2.17. The standard InChI is InChI=1S/C21H24N2O4S/c24-20(18-8-7-16-5-1-2-6-17(16)13-18)15-22-14-19(9-10-21(22)25)28(26,27)23-11-3-4-12-23/h7-10,13-14H,1-6,11-12,15H2. The highest BCUT2D eigenvalue weighted by Gasteiger charge is 2.27. The minimum atomic E-state index is -3.63. The Balaban J connectivity index is 1.59. The maximum Gasteiger partial charge on any atom is 0.251 e. The predicted molar refractivity (Wildman–Crippen MR) is 106 cm³/mol. The van der Waals surface area contributed by atoms with Gasteiger partial charge in [-0.15, -0.1) is 0 Å². The Hall–Kier alpha value is -2.25. The van der Waals surface area contributed by atoms with Crippen LogP contribution in [0.2, 0.25) is 0 Å². The van der Waals surface area contributed by atoms with Gasteiger partial charge in [-0.25, -0.2) is 8.42 Å². The highest BCUT2D eigenvalue weighted by atomic mass is 32.2. The summed E-state index contributed by atoms with van der Waals surface area (Å²) in [7, 11) is -3.63. The first-order valence-corrected chi connectivity index (χ1v) is 11.2. The molecule has 1 aliphatic heterocycles. The third-order valence-electron chi connectivity index (χ3n) is 5.64. The quantitative estimate of drug-likeness (QED) is 0.722. The number of benzene rings is 1. The number of carbonyl (C=O) groups is 1. The van der Waals surface area contributed by atoms with Crippen LogP contribution in [0.15, 0.2) is 46.2 Å². The number of ketones is 1. The van der Waals surface area contributed by atoms with Gasteiger partial charge in [-0.3, -0.25) is 9.59 Å². The Morgan fingerprint density at radius 1 is 0.929 bits per heavy atom. The Bertz CT molecular complexity index is 1070. The lowest BCUT2D eigenvalue weighted by Crippen LogP contribution is -2.30. The van der Waals surface area contributed by atoms with Crippen LogP contribution in [0.25, 0.3) is 0 Å². The summed E-state index contributed by atoms with van der Waals surface area (Å²) in [5.74, 6) is -0.189. The van der Waals surface area contributed by atoms with Gasteiger partial charge in [0.05, 0.1) is 11.4 Å². The number of aromatic nitrogens is 1.